The molecule has 1 fully saturated rings. The zero-order valence-corrected chi connectivity index (χ0v) is 17.4. The first-order valence-electron chi connectivity index (χ1n) is 9.89. The van der Waals surface area contributed by atoms with Crippen LogP contribution in [0.2, 0.25) is 0 Å². The summed E-state index contributed by atoms with van der Waals surface area (Å²) in [6, 6.07) is 5.26. The highest BCUT2D eigenvalue weighted by Crippen LogP contribution is 2.12. The van der Waals surface area contributed by atoms with Gasteiger partial charge in [0.15, 0.2) is 5.96 Å². The van der Waals surface area contributed by atoms with E-state index in [-0.39, 0.29) is 17.7 Å². The molecule has 1 aromatic heterocycles. The van der Waals surface area contributed by atoms with Crippen molar-refractivity contribution in [1.82, 2.24) is 20.1 Å². The maximum absolute atomic E-state index is 11.9. The van der Waals surface area contributed by atoms with Crippen LogP contribution in [0.3, 0.4) is 0 Å². The minimum atomic E-state index is -0.495. The Balaban J connectivity index is 1.69. The zero-order chi connectivity index (χ0) is 20.6. The van der Waals surface area contributed by atoms with Gasteiger partial charge >= 0.3 is 6.09 Å². The summed E-state index contributed by atoms with van der Waals surface area (Å²) in [6.45, 7) is 8.60. The number of aryl methyl sites for hydroxylation is 1. The van der Waals surface area contributed by atoms with Crippen LogP contribution in [0.1, 0.15) is 40.0 Å². The third-order valence-electron chi connectivity index (χ3n) is 4.43. The highest BCUT2D eigenvalue weighted by Gasteiger charge is 2.27. The third-order valence-corrected chi connectivity index (χ3v) is 4.43. The van der Waals surface area contributed by atoms with Crippen molar-refractivity contribution in [3.8, 4) is 0 Å². The number of amides is 1. The molecule has 28 heavy (non-hydrogen) atoms. The summed E-state index contributed by atoms with van der Waals surface area (Å²) in [5.74, 6) is 0.838. The Kier molecular flexibility index (Phi) is 7.90. The summed E-state index contributed by atoms with van der Waals surface area (Å²) in [4.78, 5) is 30.1. The normalized spacial score (nSPS) is 17.5. The van der Waals surface area contributed by atoms with Gasteiger partial charge in [-0.25, -0.2) is 4.79 Å². The van der Waals surface area contributed by atoms with E-state index in [2.05, 4.69) is 20.5 Å². The summed E-state index contributed by atoms with van der Waals surface area (Å²) in [7, 11) is 1.76. The lowest BCUT2D eigenvalue weighted by atomic mass is 10.2. The first-order chi connectivity index (χ1) is 13.3. The lowest BCUT2D eigenvalue weighted by molar-refractivity contribution is 0.0507. The molecule has 1 atom stereocenters. The van der Waals surface area contributed by atoms with E-state index in [1.807, 2.05) is 33.0 Å². The number of unbranched alkanes of at least 4 members (excludes halogenated alkanes) is 1. The molecule has 2 heterocycles. The van der Waals surface area contributed by atoms with Crippen molar-refractivity contribution in [2.75, 3.05) is 26.7 Å². The first kappa shape index (κ1) is 21.8. The van der Waals surface area contributed by atoms with Crippen LogP contribution in [0, 0.1) is 0 Å². The summed E-state index contributed by atoms with van der Waals surface area (Å²) in [5, 5.41) is 6.30. The molecule has 0 saturated carbocycles. The fourth-order valence-corrected chi connectivity index (χ4v) is 3.13. The van der Waals surface area contributed by atoms with Crippen LogP contribution in [-0.4, -0.2) is 59.8 Å². The highest BCUT2D eigenvalue weighted by molar-refractivity contribution is 5.80. The van der Waals surface area contributed by atoms with Gasteiger partial charge in [-0.15, -0.1) is 0 Å². The van der Waals surface area contributed by atoms with Gasteiger partial charge in [0.1, 0.15) is 5.60 Å². The van der Waals surface area contributed by atoms with E-state index in [0.29, 0.717) is 13.1 Å². The van der Waals surface area contributed by atoms with Crippen molar-refractivity contribution in [3.63, 3.8) is 0 Å². The largest absolute Gasteiger partial charge is 0.444 e. The van der Waals surface area contributed by atoms with Crippen molar-refractivity contribution >= 4 is 12.1 Å². The van der Waals surface area contributed by atoms with Gasteiger partial charge < -0.3 is 24.8 Å². The molecular formula is C20H33N5O3. The Morgan fingerprint density at radius 2 is 2.11 bits per heavy atom. The molecule has 0 aromatic carbocycles. The van der Waals surface area contributed by atoms with Crippen LogP contribution in [0.15, 0.2) is 34.2 Å². The van der Waals surface area contributed by atoms with Crippen molar-refractivity contribution in [2.45, 2.75) is 58.2 Å². The van der Waals surface area contributed by atoms with Gasteiger partial charge in [0, 0.05) is 45.5 Å². The summed E-state index contributed by atoms with van der Waals surface area (Å²) in [6.07, 6.45) is 4.15. The number of nitrogens with zero attached hydrogens (tertiary/aromatic N) is 3. The molecule has 1 amide bonds. The van der Waals surface area contributed by atoms with Crippen LogP contribution in [0.4, 0.5) is 4.79 Å². The van der Waals surface area contributed by atoms with Crippen LogP contribution in [0.5, 0.6) is 0 Å². The minimum Gasteiger partial charge on any atom is -0.444 e. The summed E-state index contributed by atoms with van der Waals surface area (Å²) < 4.78 is 7.04. The average Bonchev–Trinajstić information content (AvgIpc) is 3.06. The van der Waals surface area contributed by atoms with Crippen molar-refractivity contribution < 1.29 is 9.53 Å². The molecular weight excluding hydrogens is 358 g/mol. The standard InChI is InChI=1S/C20H33N5O3/c1-20(2,3)28-19(27)23-16-10-14-25(15-16)18(21-4)22-11-6-8-13-24-12-7-5-9-17(24)26/h5,7,9,12,16H,6,8,10-11,13-15H2,1-4H3,(H,21,22)(H,23,27). The molecule has 1 unspecified atom stereocenters. The molecule has 0 radical (unpaired) electrons. The number of aliphatic imine (C=N–C) groups is 1. The van der Waals surface area contributed by atoms with E-state index in [4.69, 9.17) is 4.74 Å². The van der Waals surface area contributed by atoms with E-state index in [9.17, 15) is 9.59 Å². The first-order valence-corrected chi connectivity index (χ1v) is 9.89. The Bertz CT molecular complexity index is 723. The van der Waals surface area contributed by atoms with Crippen molar-refractivity contribution in [1.29, 1.82) is 0 Å². The number of hydrogen-bond acceptors (Lipinski definition) is 4. The number of carbonyl (C=O) groups excluding carboxylic acids is 1. The second-order valence-corrected chi connectivity index (χ2v) is 7.99. The monoisotopic (exact) mass is 391 g/mol. The minimum absolute atomic E-state index is 0.0341. The number of nitrogens with one attached hydrogen (secondary N) is 2. The topological polar surface area (TPSA) is 88.0 Å². The number of rotatable bonds is 6. The molecule has 2 rings (SSSR count). The molecule has 0 bridgehead atoms. The van der Waals surface area contributed by atoms with Gasteiger partial charge in [-0.2, -0.15) is 0 Å². The second kappa shape index (κ2) is 10.1. The van der Waals surface area contributed by atoms with Gasteiger partial charge in [0.2, 0.25) is 5.56 Å². The highest BCUT2D eigenvalue weighted by atomic mass is 16.6. The number of alkyl carbamates (subject to hydrolysis) is 1. The molecule has 0 aliphatic carbocycles. The number of ether oxygens (including phenoxy) is 1. The maximum Gasteiger partial charge on any atom is 0.407 e. The predicted molar refractivity (Wildman–Crippen MR) is 111 cm³/mol. The number of carbonyl (C=O) groups is 1. The molecule has 1 aromatic rings. The van der Waals surface area contributed by atoms with E-state index >= 15 is 0 Å². The smallest absolute Gasteiger partial charge is 0.407 e. The fourth-order valence-electron chi connectivity index (χ4n) is 3.13. The number of aromatic nitrogens is 1. The quantitative estimate of drug-likeness (QED) is 0.439. The molecule has 2 N–H and O–H groups in total. The Morgan fingerprint density at radius 1 is 1.32 bits per heavy atom. The lowest BCUT2D eigenvalue weighted by Crippen LogP contribution is -2.44. The van der Waals surface area contributed by atoms with E-state index in [1.54, 1.807) is 23.7 Å². The van der Waals surface area contributed by atoms with Gasteiger partial charge in [0.05, 0.1) is 6.04 Å². The van der Waals surface area contributed by atoms with E-state index in [0.717, 1.165) is 38.3 Å². The van der Waals surface area contributed by atoms with E-state index < -0.39 is 5.60 Å². The number of guanidine groups is 1. The fraction of sp³-hybridized carbons (Fsp3) is 0.650. The lowest BCUT2D eigenvalue weighted by Gasteiger charge is -2.23. The van der Waals surface area contributed by atoms with Crippen molar-refractivity contribution in [2.24, 2.45) is 4.99 Å². The number of likely N-dealkylation sites (tertiary alicyclic amines) is 1. The molecule has 8 heteroatoms. The zero-order valence-electron chi connectivity index (χ0n) is 17.4. The average molecular weight is 392 g/mol. The SMILES string of the molecule is CN=C(NCCCCn1ccccc1=O)N1CCC(NC(=O)OC(C)(C)C)C1. The molecule has 0 spiro atoms. The van der Waals surface area contributed by atoms with Gasteiger partial charge in [-0.3, -0.25) is 9.79 Å². The van der Waals surface area contributed by atoms with Gasteiger partial charge in [0.25, 0.3) is 0 Å². The van der Waals surface area contributed by atoms with Crippen LogP contribution in [0.25, 0.3) is 0 Å². The number of pyridine rings is 1. The summed E-state index contributed by atoms with van der Waals surface area (Å²) in [5.41, 5.74) is -0.461. The Hall–Kier alpha value is -2.51. The van der Waals surface area contributed by atoms with Crippen molar-refractivity contribution in [3.05, 3.63) is 34.7 Å². The molecule has 1 saturated heterocycles. The second-order valence-electron chi connectivity index (χ2n) is 7.99. The van der Waals surface area contributed by atoms with Crippen LogP contribution < -0.4 is 16.2 Å². The van der Waals surface area contributed by atoms with Crippen LogP contribution >= 0.6 is 0 Å². The third kappa shape index (κ3) is 7.25. The predicted octanol–water partition coefficient (Wildman–Crippen LogP) is 1.80. The van der Waals surface area contributed by atoms with Gasteiger partial charge in [-0.05, 0) is 46.1 Å². The molecule has 8 nitrogen and oxygen atoms in total. The van der Waals surface area contributed by atoms with E-state index in [1.165, 1.54) is 0 Å². The molecule has 156 valence electrons. The van der Waals surface area contributed by atoms with Crippen LogP contribution in [-0.2, 0) is 11.3 Å². The van der Waals surface area contributed by atoms with Gasteiger partial charge in [-0.1, -0.05) is 6.07 Å². The Morgan fingerprint density at radius 3 is 2.79 bits per heavy atom. The summed E-state index contributed by atoms with van der Waals surface area (Å²) >= 11 is 0. The number of hydrogen-bond donors (Lipinski definition) is 2. The molecule has 1 aliphatic heterocycles. The maximum atomic E-state index is 11.9. The Labute approximate surface area is 167 Å². The molecule has 1 aliphatic rings.